The molecule has 268 valence electrons. The number of benzene rings is 8. The summed E-state index contributed by atoms with van der Waals surface area (Å²) in [6.45, 7) is 0. The normalized spacial score (nSPS) is 12.5. The Morgan fingerprint density at radius 2 is 1.05 bits per heavy atom. The van der Waals surface area contributed by atoms with E-state index in [1.165, 1.54) is 69.9 Å². The van der Waals surface area contributed by atoms with E-state index in [2.05, 4.69) is 167 Å². The van der Waals surface area contributed by atoms with Gasteiger partial charge in [-0.1, -0.05) is 133 Å². The summed E-state index contributed by atoms with van der Waals surface area (Å²) in [5.74, 6) is 0.579. The van der Waals surface area contributed by atoms with Crippen LogP contribution < -0.4 is 0 Å². The van der Waals surface area contributed by atoms with E-state index >= 15 is 0 Å². The molecule has 8 aromatic carbocycles. The Hall–Kier alpha value is -7.54. The molecule has 14 rings (SSSR count). The molecule has 5 aromatic heterocycles. The van der Waals surface area contributed by atoms with Gasteiger partial charge in [0.2, 0.25) is 11.7 Å². The lowest BCUT2D eigenvalue weighted by atomic mass is 9.94. The van der Waals surface area contributed by atoms with Gasteiger partial charge in [-0.25, -0.2) is 4.98 Å². The van der Waals surface area contributed by atoms with Crippen molar-refractivity contribution in [3.8, 4) is 45.1 Å². The highest BCUT2D eigenvalue weighted by Crippen LogP contribution is 2.49. The maximum Gasteiger partial charge on any atom is 0.238 e. The van der Waals surface area contributed by atoms with E-state index in [1.54, 1.807) is 0 Å². The molecule has 0 bridgehead atoms. The van der Waals surface area contributed by atoms with Crippen LogP contribution in [0.25, 0.3) is 131 Å². The highest BCUT2D eigenvalue weighted by atomic mass is 32.1. The van der Waals surface area contributed by atoms with Crippen molar-refractivity contribution in [2.75, 3.05) is 0 Å². The van der Waals surface area contributed by atoms with Crippen molar-refractivity contribution < 1.29 is 4.42 Å². The van der Waals surface area contributed by atoms with Gasteiger partial charge in [-0.15, -0.1) is 11.3 Å². The summed E-state index contributed by atoms with van der Waals surface area (Å²) >= 11 is 1.81. The fourth-order valence-electron chi connectivity index (χ4n) is 9.90. The van der Waals surface area contributed by atoms with Crippen molar-refractivity contribution in [3.05, 3.63) is 170 Å². The highest BCUT2D eigenvalue weighted by molar-refractivity contribution is 7.26. The van der Waals surface area contributed by atoms with Gasteiger partial charge >= 0.3 is 0 Å². The Kier molecular flexibility index (Phi) is 5.85. The molecule has 0 fully saturated rings. The monoisotopic (exact) mass is 756 g/mol. The highest BCUT2D eigenvalue weighted by Gasteiger charge is 2.27. The average Bonchev–Trinajstić information content (AvgIpc) is 4.01. The third kappa shape index (κ3) is 3.89. The average molecular weight is 757 g/mol. The number of nitrogens with zero attached hydrogens (tertiary/aromatic N) is 4. The van der Waals surface area contributed by atoms with Crippen LogP contribution in [0.1, 0.15) is 0 Å². The summed E-state index contributed by atoms with van der Waals surface area (Å²) in [7, 11) is 0. The standard InChI is InChI=1S/C52H28N4OS/c1-2-14-30-29(13-1)31-15-3-7-23-41(31)55-43-27-39-32-16-4-8-24-42(32)56(44(39)28-40(43)35-20-11-19-34(30)49(35)55)52-53-48(47-37-18-5-9-25-45(37)57-51(47)54-52)38-22-12-21-36-33-17-6-10-26-46(33)58-50(36)38/h1-28H. The zero-order valence-corrected chi connectivity index (χ0v) is 31.6. The van der Waals surface area contributed by atoms with Crippen LogP contribution in [0.4, 0.5) is 0 Å². The van der Waals surface area contributed by atoms with Crippen LogP contribution >= 0.6 is 11.3 Å². The number of furan rings is 1. The van der Waals surface area contributed by atoms with Gasteiger partial charge in [-0.05, 0) is 47.5 Å². The number of hydrogen-bond acceptors (Lipinski definition) is 4. The zero-order chi connectivity index (χ0) is 37.6. The van der Waals surface area contributed by atoms with Gasteiger partial charge in [0.25, 0.3) is 0 Å². The summed E-state index contributed by atoms with van der Waals surface area (Å²) < 4.78 is 13.8. The maximum atomic E-state index is 6.62. The van der Waals surface area contributed by atoms with Crippen LogP contribution in [0.5, 0.6) is 0 Å². The molecule has 0 atom stereocenters. The summed E-state index contributed by atoms with van der Waals surface area (Å²) in [5, 5.41) is 9.10. The van der Waals surface area contributed by atoms with E-state index in [-0.39, 0.29) is 0 Å². The van der Waals surface area contributed by atoms with Gasteiger partial charge in [-0.3, -0.25) is 4.57 Å². The van der Waals surface area contributed by atoms with Crippen LogP contribution in [0.15, 0.2) is 174 Å². The van der Waals surface area contributed by atoms with Crippen LogP contribution in [0.2, 0.25) is 0 Å². The molecule has 0 N–H and O–H groups in total. The lowest BCUT2D eigenvalue weighted by Crippen LogP contribution is -2.03. The SMILES string of the molecule is c1ccc2c(c1)-c1ccccc1-n1c3cc4c5ccccc5n(-c5nc(-c6cccc7c6sc6ccccc67)c6c(n5)oc5ccccc56)c4cc3c3cccc-2c31. The minimum absolute atomic E-state index is 0.574. The topological polar surface area (TPSA) is 48.8 Å². The van der Waals surface area contributed by atoms with Crippen molar-refractivity contribution in [2.24, 2.45) is 0 Å². The van der Waals surface area contributed by atoms with Gasteiger partial charge in [0.1, 0.15) is 5.58 Å². The number of para-hydroxylation sites is 4. The van der Waals surface area contributed by atoms with Crippen LogP contribution in [-0.4, -0.2) is 19.1 Å². The second kappa shape index (κ2) is 11.1. The van der Waals surface area contributed by atoms with Gasteiger partial charge in [0, 0.05) is 63.8 Å². The lowest BCUT2D eigenvalue weighted by molar-refractivity contribution is 0.651. The van der Waals surface area contributed by atoms with Crippen LogP contribution in [-0.2, 0) is 0 Å². The molecule has 0 spiro atoms. The minimum Gasteiger partial charge on any atom is -0.437 e. The third-order valence-electron chi connectivity index (χ3n) is 12.3. The molecule has 0 unspecified atom stereocenters. The predicted octanol–water partition coefficient (Wildman–Crippen LogP) is 14.3. The Morgan fingerprint density at radius 3 is 1.93 bits per heavy atom. The molecule has 0 saturated carbocycles. The fourth-order valence-corrected chi connectivity index (χ4v) is 11.1. The molecule has 6 heteroatoms. The summed E-state index contributed by atoms with van der Waals surface area (Å²) in [4.78, 5) is 10.9. The van der Waals surface area contributed by atoms with E-state index in [0.717, 1.165) is 49.4 Å². The summed E-state index contributed by atoms with van der Waals surface area (Å²) in [5.41, 5.74) is 13.9. The molecular formula is C52H28N4OS. The van der Waals surface area contributed by atoms with Gasteiger partial charge in [-0.2, -0.15) is 4.98 Å². The fraction of sp³-hybridized carbons (Fsp3) is 0. The van der Waals surface area contributed by atoms with Crippen molar-refractivity contribution >= 4 is 97.2 Å². The van der Waals surface area contributed by atoms with E-state index in [9.17, 15) is 0 Å². The summed E-state index contributed by atoms with van der Waals surface area (Å²) in [6, 6.07) is 61.2. The van der Waals surface area contributed by atoms with Crippen molar-refractivity contribution in [1.29, 1.82) is 0 Å². The van der Waals surface area contributed by atoms with Crippen molar-refractivity contribution in [3.63, 3.8) is 0 Å². The number of thiophene rings is 1. The molecule has 0 aliphatic carbocycles. The minimum atomic E-state index is 0.574. The number of rotatable bonds is 2. The smallest absolute Gasteiger partial charge is 0.238 e. The van der Waals surface area contributed by atoms with Crippen molar-refractivity contribution in [1.82, 2.24) is 19.1 Å². The number of fused-ring (bicyclic) bond motifs is 17. The van der Waals surface area contributed by atoms with Crippen molar-refractivity contribution in [2.45, 2.75) is 0 Å². The molecule has 0 radical (unpaired) electrons. The first kappa shape index (κ1) is 30.7. The predicted molar refractivity (Wildman–Crippen MR) is 241 cm³/mol. The largest absolute Gasteiger partial charge is 0.437 e. The quantitative estimate of drug-likeness (QED) is 0.176. The maximum absolute atomic E-state index is 6.62. The second-order valence-corrected chi connectivity index (χ2v) is 16.3. The second-order valence-electron chi connectivity index (χ2n) is 15.3. The van der Waals surface area contributed by atoms with Crippen LogP contribution in [0.3, 0.4) is 0 Å². The van der Waals surface area contributed by atoms with Crippen LogP contribution in [0, 0.1) is 0 Å². The Bertz CT molecular complexity index is 3940. The Morgan fingerprint density at radius 1 is 0.431 bits per heavy atom. The molecule has 5 nitrogen and oxygen atoms in total. The molecule has 0 saturated heterocycles. The Balaban J connectivity index is 1.12. The van der Waals surface area contributed by atoms with Gasteiger partial charge < -0.3 is 8.98 Å². The number of hydrogen-bond donors (Lipinski definition) is 0. The molecule has 13 aromatic rings. The number of aromatic nitrogens is 4. The van der Waals surface area contributed by atoms with E-state index in [0.29, 0.717) is 11.7 Å². The Labute approximate surface area is 334 Å². The zero-order valence-electron chi connectivity index (χ0n) is 30.8. The molecule has 1 aliphatic rings. The molecule has 1 aliphatic heterocycles. The first-order valence-electron chi connectivity index (χ1n) is 19.6. The van der Waals surface area contributed by atoms with E-state index in [4.69, 9.17) is 14.4 Å². The van der Waals surface area contributed by atoms with E-state index in [1.807, 2.05) is 23.5 Å². The van der Waals surface area contributed by atoms with Gasteiger partial charge in [0.05, 0.1) is 38.8 Å². The molecule has 6 heterocycles. The summed E-state index contributed by atoms with van der Waals surface area (Å²) in [6.07, 6.45) is 0. The first-order chi connectivity index (χ1) is 28.8. The molecule has 58 heavy (non-hydrogen) atoms. The molecule has 0 amide bonds. The van der Waals surface area contributed by atoms with Gasteiger partial charge in [0.15, 0.2) is 0 Å². The molecular weight excluding hydrogens is 729 g/mol. The van der Waals surface area contributed by atoms with E-state index < -0.39 is 0 Å². The third-order valence-corrected chi connectivity index (χ3v) is 13.5. The first-order valence-corrected chi connectivity index (χ1v) is 20.4. The lowest BCUT2D eigenvalue weighted by Gasteiger charge is -2.12.